The fraction of sp³-hybridized carbons (Fsp3) is 0.500. The molecule has 0 spiro atoms. The molecule has 2 rings (SSSR count). The van der Waals surface area contributed by atoms with Gasteiger partial charge < -0.3 is 10.2 Å². The molecule has 0 atom stereocenters. The molecule has 1 aliphatic heterocycles. The van der Waals surface area contributed by atoms with Crippen LogP contribution in [0.1, 0.15) is 19.3 Å². The van der Waals surface area contributed by atoms with Crippen molar-refractivity contribution in [3.8, 4) is 0 Å². The molecule has 4 nitrogen and oxygen atoms in total. The Morgan fingerprint density at radius 3 is 2.72 bits per heavy atom. The lowest BCUT2D eigenvalue weighted by Crippen LogP contribution is -2.39. The van der Waals surface area contributed by atoms with Gasteiger partial charge in [-0.05, 0) is 19.3 Å². The van der Waals surface area contributed by atoms with E-state index in [0.29, 0.717) is 0 Å². The van der Waals surface area contributed by atoms with Gasteiger partial charge in [0.25, 0.3) is 0 Å². The van der Waals surface area contributed by atoms with E-state index >= 15 is 0 Å². The smallest absolute Gasteiger partial charge is 0.241 e. The van der Waals surface area contributed by atoms with E-state index < -0.39 is 11.6 Å². The molecule has 0 unspecified atom stereocenters. The minimum Gasteiger partial charge on any atom is -0.359 e. The molecule has 1 aromatic rings. The molecule has 0 bridgehead atoms. The van der Waals surface area contributed by atoms with Gasteiger partial charge in [-0.3, -0.25) is 4.79 Å². The van der Waals surface area contributed by atoms with Crippen LogP contribution in [0.3, 0.4) is 0 Å². The molecule has 18 heavy (non-hydrogen) atoms. The zero-order valence-corrected chi connectivity index (χ0v) is 9.96. The summed E-state index contributed by atoms with van der Waals surface area (Å²) in [6.45, 7) is 1.48. The predicted molar refractivity (Wildman–Crippen MR) is 63.1 cm³/mol. The van der Waals surface area contributed by atoms with Crippen LogP contribution in [-0.4, -0.2) is 35.4 Å². The van der Waals surface area contributed by atoms with E-state index in [9.17, 15) is 13.6 Å². The van der Waals surface area contributed by atoms with E-state index in [0.717, 1.165) is 44.6 Å². The number of halogens is 2. The molecule has 1 aromatic heterocycles. The highest BCUT2D eigenvalue weighted by atomic mass is 19.1. The van der Waals surface area contributed by atoms with Crippen molar-refractivity contribution in [3.63, 3.8) is 0 Å². The molecular formula is C12H15F2N3O. The summed E-state index contributed by atoms with van der Waals surface area (Å²) in [5.74, 6) is -1.70. The average Bonchev–Trinajstić information content (AvgIpc) is 2.38. The third-order valence-corrected chi connectivity index (χ3v) is 2.92. The maximum Gasteiger partial charge on any atom is 0.241 e. The summed E-state index contributed by atoms with van der Waals surface area (Å²) in [4.78, 5) is 17.1. The van der Waals surface area contributed by atoms with Gasteiger partial charge in [0.2, 0.25) is 5.91 Å². The molecule has 1 aliphatic rings. The summed E-state index contributed by atoms with van der Waals surface area (Å²) in [5, 5.41) is 2.59. The van der Waals surface area contributed by atoms with Crippen molar-refractivity contribution in [1.29, 1.82) is 0 Å². The SMILES string of the molecule is O=C(CNc1ncc(F)cc1F)N1CCCCC1. The van der Waals surface area contributed by atoms with Gasteiger partial charge in [-0.25, -0.2) is 13.8 Å². The topological polar surface area (TPSA) is 45.2 Å². The number of anilines is 1. The van der Waals surface area contributed by atoms with Crippen LogP contribution < -0.4 is 5.32 Å². The number of aromatic nitrogens is 1. The van der Waals surface area contributed by atoms with Crippen LogP contribution in [-0.2, 0) is 4.79 Å². The Morgan fingerprint density at radius 1 is 1.33 bits per heavy atom. The number of hydrogen-bond acceptors (Lipinski definition) is 3. The van der Waals surface area contributed by atoms with Crippen molar-refractivity contribution in [1.82, 2.24) is 9.88 Å². The molecule has 0 aliphatic carbocycles. The summed E-state index contributed by atoms with van der Waals surface area (Å²) < 4.78 is 25.9. The standard InChI is InChI=1S/C12H15F2N3O/c13-9-6-10(14)12(15-7-9)16-8-11(18)17-4-2-1-3-5-17/h6-7H,1-5,8H2,(H,15,16). The highest BCUT2D eigenvalue weighted by molar-refractivity contribution is 5.80. The van der Waals surface area contributed by atoms with E-state index in [-0.39, 0.29) is 18.3 Å². The number of carbonyl (C=O) groups excluding carboxylic acids is 1. The van der Waals surface area contributed by atoms with Crippen molar-refractivity contribution in [2.45, 2.75) is 19.3 Å². The second-order valence-corrected chi connectivity index (χ2v) is 4.28. The normalized spacial score (nSPS) is 15.6. The average molecular weight is 255 g/mol. The largest absolute Gasteiger partial charge is 0.359 e. The number of nitrogens with one attached hydrogen (secondary N) is 1. The van der Waals surface area contributed by atoms with Gasteiger partial charge in [-0.15, -0.1) is 0 Å². The van der Waals surface area contributed by atoms with Crippen LogP contribution in [0.5, 0.6) is 0 Å². The maximum absolute atomic E-state index is 13.3. The summed E-state index contributed by atoms with van der Waals surface area (Å²) in [6.07, 6.45) is 4.08. The first kappa shape index (κ1) is 12.7. The lowest BCUT2D eigenvalue weighted by atomic mass is 10.1. The molecular weight excluding hydrogens is 240 g/mol. The van der Waals surface area contributed by atoms with Crippen molar-refractivity contribution < 1.29 is 13.6 Å². The van der Waals surface area contributed by atoms with E-state index in [1.165, 1.54) is 0 Å². The fourth-order valence-corrected chi connectivity index (χ4v) is 1.96. The molecule has 0 aromatic carbocycles. The van der Waals surface area contributed by atoms with Crippen LogP contribution >= 0.6 is 0 Å². The fourth-order valence-electron chi connectivity index (χ4n) is 1.96. The van der Waals surface area contributed by atoms with Gasteiger partial charge in [0, 0.05) is 19.2 Å². The number of amides is 1. The number of nitrogens with zero attached hydrogens (tertiary/aromatic N) is 2. The van der Waals surface area contributed by atoms with Gasteiger partial charge >= 0.3 is 0 Å². The Hall–Kier alpha value is -1.72. The Labute approximate surface area is 104 Å². The van der Waals surface area contributed by atoms with E-state index in [1.54, 1.807) is 4.90 Å². The zero-order chi connectivity index (χ0) is 13.0. The number of hydrogen-bond donors (Lipinski definition) is 1. The highest BCUT2D eigenvalue weighted by Gasteiger charge is 2.16. The number of pyridine rings is 1. The first-order valence-corrected chi connectivity index (χ1v) is 5.99. The Bertz CT molecular complexity index is 433. The van der Waals surface area contributed by atoms with E-state index in [1.807, 2.05) is 0 Å². The lowest BCUT2D eigenvalue weighted by Gasteiger charge is -2.26. The number of likely N-dealkylation sites (tertiary alicyclic amines) is 1. The Balaban J connectivity index is 1.88. The van der Waals surface area contributed by atoms with Crippen molar-refractivity contribution >= 4 is 11.7 Å². The van der Waals surface area contributed by atoms with E-state index in [2.05, 4.69) is 10.3 Å². The molecule has 1 saturated heterocycles. The lowest BCUT2D eigenvalue weighted by molar-refractivity contribution is -0.130. The van der Waals surface area contributed by atoms with Crippen LogP contribution in [0.2, 0.25) is 0 Å². The summed E-state index contributed by atoms with van der Waals surface area (Å²) in [7, 11) is 0. The van der Waals surface area contributed by atoms with Gasteiger partial charge in [0.15, 0.2) is 11.6 Å². The molecule has 2 heterocycles. The second kappa shape index (κ2) is 5.75. The van der Waals surface area contributed by atoms with Gasteiger partial charge in [-0.2, -0.15) is 0 Å². The molecule has 98 valence electrons. The molecule has 0 saturated carbocycles. The Morgan fingerprint density at radius 2 is 2.06 bits per heavy atom. The van der Waals surface area contributed by atoms with Crippen molar-refractivity contribution in [2.24, 2.45) is 0 Å². The molecule has 1 amide bonds. The first-order valence-electron chi connectivity index (χ1n) is 5.99. The van der Waals surface area contributed by atoms with Gasteiger partial charge in [0.1, 0.15) is 5.82 Å². The molecule has 1 fully saturated rings. The second-order valence-electron chi connectivity index (χ2n) is 4.28. The highest BCUT2D eigenvalue weighted by Crippen LogP contribution is 2.12. The zero-order valence-electron chi connectivity index (χ0n) is 9.96. The molecule has 0 radical (unpaired) electrons. The quantitative estimate of drug-likeness (QED) is 0.895. The first-order chi connectivity index (χ1) is 8.66. The number of rotatable bonds is 3. The third kappa shape index (κ3) is 3.15. The monoisotopic (exact) mass is 255 g/mol. The van der Waals surface area contributed by atoms with Crippen LogP contribution in [0, 0.1) is 11.6 Å². The van der Waals surface area contributed by atoms with Gasteiger partial charge in [0.05, 0.1) is 12.7 Å². The van der Waals surface area contributed by atoms with E-state index in [4.69, 9.17) is 0 Å². The van der Waals surface area contributed by atoms with Crippen molar-refractivity contribution in [2.75, 3.05) is 25.0 Å². The predicted octanol–water partition coefficient (Wildman–Crippen LogP) is 1.78. The van der Waals surface area contributed by atoms with Gasteiger partial charge in [-0.1, -0.05) is 0 Å². The van der Waals surface area contributed by atoms with Crippen LogP contribution in [0.25, 0.3) is 0 Å². The van der Waals surface area contributed by atoms with Crippen LogP contribution in [0.15, 0.2) is 12.3 Å². The minimum absolute atomic E-state index is 0.0183. The minimum atomic E-state index is -0.790. The van der Waals surface area contributed by atoms with Crippen LogP contribution in [0.4, 0.5) is 14.6 Å². The maximum atomic E-state index is 13.3. The number of piperidine rings is 1. The summed E-state index contributed by atoms with van der Waals surface area (Å²) >= 11 is 0. The summed E-state index contributed by atoms with van der Waals surface area (Å²) in [5.41, 5.74) is 0. The molecule has 1 N–H and O–H groups in total. The number of carbonyl (C=O) groups is 1. The Kier molecular flexibility index (Phi) is 4.07. The molecule has 6 heteroatoms. The van der Waals surface area contributed by atoms with Crippen molar-refractivity contribution in [3.05, 3.63) is 23.9 Å². The summed E-state index contributed by atoms with van der Waals surface area (Å²) in [6, 6.07) is 0.737. The third-order valence-electron chi connectivity index (χ3n) is 2.92.